The molecule has 0 spiro atoms. The van der Waals surface area contributed by atoms with Gasteiger partial charge in [0.1, 0.15) is 12.4 Å². The van der Waals surface area contributed by atoms with Crippen LogP contribution in [0.4, 0.5) is 0 Å². The number of hydrogen-bond acceptors (Lipinski definition) is 3. The summed E-state index contributed by atoms with van der Waals surface area (Å²) < 4.78 is 5.71. The monoisotopic (exact) mass is 299 g/mol. The summed E-state index contributed by atoms with van der Waals surface area (Å²) in [6, 6.07) is 7.54. The molecule has 0 unspecified atom stereocenters. The molecule has 0 amide bonds. The molecule has 1 aromatic carbocycles. The van der Waals surface area contributed by atoms with Gasteiger partial charge in [0, 0.05) is 13.0 Å². The zero-order chi connectivity index (χ0) is 14.1. The van der Waals surface area contributed by atoms with Crippen LogP contribution in [0, 0.1) is 0 Å². The molecule has 0 aliphatic heterocycles. The fourth-order valence-electron chi connectivity index (χ4n) is 1.83. The number of para-hydroxylation sites is 1. The molecule has 114 valence electrons. The molecule has 4 heteroatoms. The number of benzene rings is 1. The quantitative estimate of drug-likeness (QED) is 0.513. The van der Waals surface area contributed by atoms with E-state index in [1.165, 1.54) is 0 Å². The number of carbonyl (C=O) groups excluding carboxylic acids is 1. The molecule has 0 radical (unpaired) electrons. The molecule has 1 rings (SSSR count). The minimum absolute atomic E-state index is 0. The van der Waals surface area contributed by atoms with Crippen LogP contribution in [0.25, 0.3) is 0 Å². The average molecular weight is 300 g/mol. The normalized spacial score (nSPS) is 10.2. The van der Waals surface area contributed by atoms with Crippen molar-refractivity contribution >= 4 is 18.2 Å². The third kappa shape index (κ3) is 6.92. The first-order valence-corrected chi connectivity index (χ1v) is 7.05. The van der Waals surface area contributed by atoms with Crippen molar-refractivity contribution in [3.05, 3.63) is 29.8 Å². The van der Waals surface area contributed by atoms with Crippen molar-refractivity contribution in [2.24, 2.45) is 0 Å². The van der Waals surface area contributed by atoms with E-state index in [1.54, 1.807) is 0 Å². The highest BCUT2D eigenvalue weighted by Crippen LogP contribution is 2.20. The topological polar surface area (TPSA) is 29.5 Å². The molecule has 0 heterocycles. The lowest BCUT2D eigenvalue weighted by atomic mass is 10.0. The maximum atomic E-state index is 12.1. The van der Waals surface area contributed by atoms with Gasteiger partial charge in [0.25, 0.3) is 0 Å². The van der Waals surface area contributed by atoms with E-state index in [9.17, 15) is 4.79 Å². The molecule has 0 fully saturated rings. The van der Waals surface area contributed by atoms with Crippen molar-refractivity contribution in [1.29, 1.82) is 0 Å². The fraction of sp³-hybridized carbons (Fsp3) is 0.562. The van der Waals surface area contributed by atoms with Gasteiger partial charge in [-0.3, -0.25) is 4.79 Å². The number of hydrogen-bond donors (Lipinski definition) is 0. The first-order valence-electron chi connectivity index (χ1n) is 7.05. The molecule has 0 saturated heterocycles. The minimum atomic E-state index is 0. The Kier molecular flexibility index (Phi) is 10.1. The van der Waals surface area contributed by atoms with Gasteiger partial charge in [-0.1, -0.05) is 31.9 Å². The lowest BCUT2D eigenvalue weighted by molar-refractivity contribution is 0.0975. The smallest absolute Gasteiger partial charge is 0.166 e. The lowest BCUT2D eigenvalue weighted by Gasteiger charge is -2.13. The molecule has 20 heavy (non-hydrogen) atoms. The maximum absolute atomic E-state index is 12.1. The maximum Gasteiger partial charge on any atom is 0.166 e. The van der Waals surface area contributed by atoms with Crippen LogP contribution in [-0.2, 0) is 0 Å². The average Bonchev–Trinajstić information content (AvgIpc) is 2.39. The zero-order valence-corrected chi connectivity index (χ0v) is 13.5. The summed E-state index contributed by atoms with van der Waals surface area (Å²) in [7, 11) is 4.01. The highest BCUT2D eigenvalue weighted by molar-refractivity contribution is 5.98. The molecular formula is C16H26ClNO2. The molecular weight excluding hydrogens is 274 g/mol. The standard InChI is InChI=1S/C16H25NO2.ClH/c1-4-5-6-10-15(18)14-9-7-8-11-16(14)19-13-12-17(2)3;/h7-9,11H,4-6,10,12-13H2,1-3H3;1H. The number of rotatable bonds is 9. The third-order valence-corrected chi connectivity index (χ3v) is 2.99. The molecule has 3 nitrogen and oxygen atoms in total. The Labute approximate surface area is 128 Å². The van der Waals surface area contributed by atoms with Gasteiger partial charge >= 0.3 is 0 Å². The molecule has 0 aromatic heterocycles. The van der Waals surface area contributed by atoms with E-state index in [2.05, 4.69) is 11.8 Å². The Bertz CT molecular complexity index is 394. The summed E-state index contributed by atoms with van der Waals surface area (Å²) in [5.41, 5.74) is 0.720. The number of halogens is 1. The Morgan fingerprint density at radius 2 is 1.90 bits per heavy atom. The van der Waals surface area contributed by atoms with Gasteiger partial charge in [0.15, 0.2) is 5.78 Å². The van der Waals surface area contributed by atoms with Crippen molar-refractivity contribution in [1.82, 2.24) is 4.90 Å². The number of carbonyl (C=O) groups is 1. The van der Waals surface area contributed by atoms with Gasteiger partial charge in [-0.2, -0.15) is 0 Å². The largest absolute Gasteiger partial charge is 0.491 e. The number of Topliss-reactive ketones (excluding diaryl/α,β-unsaturated/α-hetero) is 1. The van der Waals surface area contributed by atoms with Gasteiger partial charge in [0.2, 0.25) is 0 Å². The van der Waals surface area contributed by atoms with Crippen molar-refractivity contribution in [2.75, 3.05) is 27.2 Å². The first kappa shape index (κ1) is 18.9. The van der Waals surface area contributed by atoms with Crippen LogP contribution < -0.4 is 4.74 Å². The molecule has 0 atom stereocenters. The van der Waals surface area contributed by atoms with Gasteiger partial charge in [-0.05, 0) is 32.6 Å². The third-order valence-electron chi connectivity index (χ3n) is 2.99. The first-order chi connectivity index (χ1) is 9.15. The number of likely N-dealkylation sites (N-methyl/N-ethyl adjacent to an activating group) is 1. The van der Waals surface area contributed by atoms with Gasteiger partial charge in [-0.25, -0.2) is 0 Å². The Morgan fingerprint density at radius 1 is 1.20 bits per heavy atom. The Hall–Kier alpha value is -1.06. The van der Waals surface area contributed by atoms with Crippen LogP contribution >= 0.6 is 12.4 Å². The SMILES string of the molecule is CCCCCC(=O)c1ccccc1OCCN(C)C.Cl. The van der Waals surface area contributed by atoms with Crippen molar-refractivity contribution in [3.63, 3.8) is 0 Å². The van der Waals surface area contributed by atoms with Crippen molar-refractivity contribution < 1.29 is 9.53 Å². The predicted molar refractivity (Wildman–Crippen MR) is 86.2 cm³/mol. The van der Waals surface area contributed by atoms with Crippen LogP contribution in [-0.4, -0.2) is 37.9 Å². The number of ether oxygens (including phenoxy) is 1. The second-order valence-electron chi connectivity index (χ2n) is 5.03. The highest BCUT2D eigenvalue weighted by atomic mass is 35.5. The molecule has 0 aliphatic rings. The molecule has 0 aliphatic carbocycles. The van der Waals surface area contributed by atoms with Gasteiger partial charge in [0.05, 0.1) is 5.56 Å². The molecule has 0 N–H and O–H groups in total. The van der Waals surface area contributed by atoms with Crippen LogP contribution in [0.3, 0.4) is 0 Å². The lowest BCUT2D eigenvalue weighted by Crippen LogP contribution is -2.20. The van der Waals surface area contributed by atoms with Crippen molar-refractivity contribution in [3.8, 4) is 5.75 Å². The summed E-state index contributed by atoms with van der Waals surface area (Å²) in [5, 5.41) is 0. The fourth-order valence-corrected chi connectivity index (χ4v) is 1.83. The summed E-state index contributed by atoms with van der Waals surface area (Å²) in [6.45, 7) is 3.59. The van der Waals surface area contributed by atoms with E-state index in [0.717, 1.165) is 31.4 Å². The van der Waals surface area contributed by atoms with Gasteiger partial charge < -0.3 is 9.64 Å². The minimum Gasteiger partial charge on any atom is -0.491 e. The Morgan fingerprint density at radius 3 is 2.55 bits per heavy atom. The number of unbranched alkanes of at least 4 members (excludes halogenated alkanes) is 2. The van der Waals surface area contributed by atoms with E-state index in [1.807, 2.05) is 38.4 Å². The number of nitrogens with zero attached hydrogens (tertiary/aromatic N) is 1. The predicted octanol–water partition coefficient (Wildman–Crippen LogP) is 3.81. The Balaban J connectivity index is 0.00000361. The second-order valence-corrected chi connectivity index (χ2v) is 5.03. The van der Waals surface area contributed by atoms with E-state index < -0.39 is 0 Å². The summed E-state index contributed by atoms with van der Waals surface area (Å²) in [4.78, 5) is 14.2. The van der Waals surface area contributed by atoms with Crippen LogP contribution in [0.2, 0.25) is 0 Å². The highest BCUT2D eigenvalue weighted by Gasteiger charge is 2.11. The van der Waals surface area contributed by atoms with Crippen LogP contribution in [0.1, 0.15) is 43.0 Å². The summed E-state index contributed by atoms with van der Waals surface area (Å²) in [5.74, 6) is 0.903. The van der Waals surface area contributed by atoms with E-state index in [0.29, 0.717) is 18.8 Å². The van der Waals surface area contributed by atoms with E-state index in [-0.39, 0.29) is 18.2 Å². The zero-order valence-electron chi connectivity index (χ0n) is 12.7. The summed E-state index contributed by atoms with van der Waals surface area (Å²) >= 11 is 0. The molecule has 1 aromatic rings. The second kappa shape index (κ2) is 10.7. The van der Waals surface area contributed by atoms with Crippen molar-refractivity contribution in [2.45, 2.75) is 32.6 Å². The summed E-state index contributed by atoms with van der Waals surface area (Å²) in [6.07, 6.45) is 3.81. The van der Waals surface area contributed by atoms with E-state index >= 15 is 0 Å². The van der Waals surface area contributed by atoms with Crippen LogP contribution in [0.5, 0.6) is 5.75 Å². The van der Waals surface area contributed by atoms with E-state index in [4.69, 9.17) is 4.74 Å². The van der Waals surface area contributed by atoms with Crippen LogP contribution in [0.15, 0.2) is 24.3 Å². The van der Waals surface area contributed by atoms with Gasteiger partial charge in [-0.15, -0.1) is 12.4 Å². The molecule has 0 saturated carbocycles. The number of ketones is 1. The molecule has 0 bridgehead atoms.